The Labute approximate surface area is 77.9 Å². The van der Waals surface area contributed by atoms with E-state index in [2.05, 4.69) is 5.32 Å². The molecule has 1 N–H and O–H groups in total. The van der Waals surface area contributed by atoms with Crippen LogP contribution in [-0.2, 0) is 0 Å². The first-order valence-corrected chi connectivity index (χ1v) is 5.29. The fraction of sp³-hybridized carbons (Fsp3) is 1.00. The standard InChI is InChI=1S/C10H17F2N/c11-10(12)5-6-13-9(7-10)8-3-1-2-4-8/h8-9,13H,1-7H2. The number of hydrogen-bond acceptors (Lipinski definition) is 1. The lowest BCUT2D eigenvalue weighted by molar-refractivity contribution is -0.0480. The number of alkyl halides is 2. The van der Waals surface area contributed by atoms with E-state index >= 15 is 0 Å². The van der Waals surface area contributed by atoms with Crippen LogP contribution in [0.3, 0.4) is 0 Å². The van der Waals surface area contributed by atoms with Crippen molar-refractivity contribution in [3.63, 3.8) is 0 Å². The number of rotatable bonds is 1. The summed E-state index contributed by atoms with van der Waals surface area (Å²) in [6, 6.07) is 0.0891. The molecular formula is C10H17F2N. The van der Waals surface area contributed by atoms with Gasteiger partial charge >= 0.3 is 0 Å². The molecule has 1 unspecified atom stereocenters. The molecule has 1 aliphatic heterocycles. The lowest BCUT2D eigenvalue weighted by atomic mass is 9.89. The van der Waals surface area contributed by atoms with Crippen LogP contribution in [0.5, 0.6) is 0 Å². The van der Waals surface area contributed by atoms with Crippen molar-refractivity contribution in [1.82, 2.24) is 5.32 Å². The molecule has 0 amide bonds. The summed E-state index contributed by atoms with van der Waals surface area (Å²) in [6.45, 7) is 0.494. The molecule has 1 heterocycles. The van der Waals surface area contributed by atoms with Crippen LogP contribution >= 0.6 is 0 Å². The molecule has 1 nitrogen and oxygen atoms in total. The third kappa shape index (κ3) is 2.19. The van der Waals surface area contributed by atoms with Crippen LogP contribution in [0.1, 0.15) is 38.5 Å². The van der Waals surface area contributed by atoms with Crippen molar-refractivity contribution < 1.29 is 8.78 Å². The van der Waals surface area contributed by atoms with Crippen molar-refractivity contribution >= 4 is 0 Å². The first-order valence-electron chi connectivity index (χ1n) is 5.29. The van der Waals surface area contributed by atoms with Gasteiger partial charge in [0.1, 0.15) is 0 Å². The molecule has 1 aliphatic carbocycles. The van der Waals surface area contributed by atoms with Gasteiger partial charge in [-0.1, -0.05) is 12.8 Å². The zero-order valence-corrected chi connectivity index (χ0v) is 7.86. The van der Waals surface area contributed by atoms with Crippen molar-refractivity contribution in [2.24, 2.45) is 5.92 Å². The Balaban J connectivity index is 1.91. The van der Waals surface area contributed by atoms with Crippen LogP contribution in [-0.4, -0.2) is 18.5 Å². The van der Waals surface area contributed by atoms with Crippen molar-refractivity contribution in [2.75, 3.05) is 6.54 Å². The molecule has 2 aliphatic rings. The number of halogens is 2. The van der Waals surface area contributed by atoms with E-state index in [-0.39, 0.29) is 18.9 Å². The first kappa shape index (κ1) is 9.38. The molecule has 0 bridgehead atoms. The number of hydrogen-bond donors (Lipinski definition) is 1. The van der Waals surface area contributed by atoms with Gasteiger partial charge in [0.05, 0.1) is 0 Å². The Morgan fingerprint density at radius 2 is 1.85 bits per heavy atom. The summed E-state index contributed by atoms with van der Waals surface area (Å²) < 4.78 is 26.1. The van der Waals surface area contributed by atoms with Gasteiger partial charge in [-0.25, -0.2) is 8.78 Å². The number of piperidine rings is 1. The minimum Gasteiger partial charge on any atom is -0.313 e. The Morgan fingerprint density at radius 3 is 2.46 bits per heavy atom. The maximum Gasteiger partial charge on any atom is 0.250 e. The minimum absolute atomic E-state index is 0.0240. The van der Waals surface area contributed by atoms with Gasteiger partial charge in [-0.2, -0.15) is 0 Å². The predicted molar refractivity (Wildman–Crippen MR) is 47.9 cm³/mol. The highest BCUT2D eigenvalue weighted by Crippen LogP contribution is 2.36. The largest absolute Gasteiger partial charge is 0.313 e. The van der Waals surface area contributed by atoms with Crippen molar-refractivity contribution in [2.45, 2.75) is 50.5 Å². The lowest BCUT2D eigenvalue weighted by Crippen LogP contribution is -2.46. The van der Waals surface area contributed by atoms with Crippen LogP contribution in [0, 0.1) is 5.92 Å². The molecule has 1 atom stereocenters. The topological polar surface area (TPSA) is 12.0 Å². The van der Waals surface area contributed by atoms with Crippen LogP contribution in [0.2, 0.25) is 0 Å². The molecule has 0 radical (unpaired) electrons. The van der Waals surface area contributed by atoms with Crippen LogP contribution in [0.15, 0.2) is 0 Å². The van der Waals surface area contributed by atoms with Gasteiger partial charge in [-0.15, -0.1) is 0 Å². The van der Waals surface area contributed by atoms with Gasteiger partial charge in [0.15, 0.2) is 0 Å². The third-order valence-corrected chi connectivity index (χ3v) is 3.38. The molecule has 0 aromatic rings. The fourth-order valence-electron chi connectivity index (χ4n) is 2.63. The fourth-order valence-corrected chi connectivity index (χ4v) is 2.63. The summed E-state index contributed by atoms with van der Waals surface area (Å²) in [6.07, 6.45) is 4.85. The molecule has 1 saturated heterocycles. The zero-order valence-electron chi connectivity index (χ0n) is 7.86. The third-order valence-electron chi connectivity index (χ3n) is 3.38. The summed E-state index contributed by atoms with van der Waals surface area (Å²) >= 11 is 0. The Hall–Kier alpha value is -0.180. The lowest BCUT2D eigenvalue weighted by Gasteiger charge is -2.33. The maximum absolute atomic E-state index is 13.1. The summed E-state index contributed by atoms with van der Waals surface area (Å²) in [4.78, 5) is 0. The summed E-state index contributed by atoms with van der Waals surface area (Å²) in [5.41, 5.74) is 0. The number of nitrogens with one attached hydrogen (secondary N) is 1. The molecule has 2 fully saturated rings. The quantitative estimate of drug-likeness (QED) is 0.668. The van der Waals surface area contributed by atoms with Crippen LogP contribution in [0.25, 0.3) is 0 Å². The SMILES string of the molecule is FC1(F)CCNC(C2CCCC2)C1. The van der Waals surface area contributed by atoms with Crippen molar-refractivity contribution in [3.05, 3.63) is 0 Å². The second-order valence-corrected chi connectivity index (χ2v) is 4.42. The molecule has 0 aromatic heterocycles. The Bertz CT molecular complexity index is 176. The van der Waals surface area contributed by atoms with E-state index in [1.807, 2.05) is 0 Å². The van der Waals surface area contributed by atoms with E-state index in [1.165, 1.54) is 12.8 Å². The van der Waals surface area contributed by atoms with Gasteiger partial charge in [0, 0.05) is 25.4 Å². The maximum atomic E-state index is 13.1. The molecule has 13 heavy (non-hydrogen) atoms. The second-order valence-electron chi connectivity index (χ2n) is 4.42. The Kier molecular flexibility index (Phi) is 2.54. The van der Waals surface area contributed by atoms with E-state index < -0.39 is 5.92 Å². The zero-order chi connectivity index (χ0) is 9.31. The van der Waals surface area contributed by atoms with Gasteiger partial charge in [0.25, 0.3) is 5.92 Å². The molecule has 1 saturated carbocycles. The summed E-state index contributed by atoms with van der Waals surface area (Å²) in [5, 5.41) is 3.24. The van der Waals surface area contributed by atoms with Crippen LogP contribution < -0.4 is 5.32 Å². The van der Waals surface area contributed by atoms with Gasteiger partial charge in [-0.05, 0) is 18.8 Å². The summed E-state index contributed by atoms with van der Waals surface area (Å²) in [7, 11) is 0. The minimum atomic E-state index is -2.40. The Morgan fingerprint density at radius 1 is 1.15 bits per heavy atom. The smallest absolute Gasteiger partial charge is 0.250 e. The normalized spacial score (nSPS) is 35.1. The average molecular weight is 189 g/mol. The van der Waals surface area contributed by atoms with E-state index in [0.29, 0.717) is 12.5 Å². The van der Waals surface area contributed by atoms with Crippen molar-refractivity contribution in [1.29, 1.82) is 0 Å². The molecule has 0 spiro atoms. The second kappa shape index (κ2) is 3.52. The van der Waals surface area contributed by atoms with Crippen molar-refractivity contribution in [3.8, 4) is 0 Å². The highest BCUT2D eigenvalue weighted by atomic mass is 19.3. The highest BCUT2D eigenvalue weighted by molar-refractivity contribution is 4.89. The van der Waals surface area contributed by atoms with Crippen LogP contribution in [0.4, 0.5) is 8.78 Å². The van der Waals surface area contributed by atoms with E-state index in [9.17, 15) is 8.78 Å². The van der Waals surface area contributed by atoms with Gasteiger partial charge in [-0.3, -0.25) is 0 Å². The monoisotopic (exact) mass is 189 g/mol. The molecular weight excluding hydrogens is 172 g/mol. The van der Waals surface area contributed by atoms with E-state index in [0.717, 1.165) is 12.8 Å². The van der Waals surface area contributed by atoms with Gasteiger partial charge < -0.3 is 5.32 Å². The molecule has 76 valence electrons. The highest BCUT2D eigenvalue weighted by Gasteiger charge is 2.39. The average Bonchev–Trinajstić information content (AvgIpc) is 2.53. The van der Waals surface area contributed by atoms with Gasteiger partial charge in [0.2, 0.25) is 0 Å². The molecule has 0 aromatic carbocycles. The van der Waals surface area contributed by atoms with E-state index in [4.69, 9.17) is 0 Å². The summed E-state index contributed by atoms with van der Waals surface area (Å²) in [5.74, 6) is -1.88. The molecule has 2 rings (SSSR count). The van der Waals surface area contributed by atoms with E-state index in [1.54, 1.807) is 0 Å². The first-order chi connectivity index (χ1) is 6.17. The predicted octanol–water partition coefficient (Wildman–Crippen LogP) is 2.56. The molecule has 3 heteroatoms.